The average molecular weight is 330 g/mol. The molecule has 0 saturated heterocycles. The Hall–Kier alpha value is -2.98. The van der Waals surface area contributed by atoms with Gasteiger partial charge in [-0.15, -0.1) is 0 Å². The molecule has 1 amide bonds. The highest BCUT2D eigenvalue weighted by Crippen LogP contribution is 2.31. The maximum atomic E-state index is 12.7. The molecule has 124 valence electrons. The van der Waals surface area contributed by atoms with Crippen molar-refractivity contribution in [1.82, 2.24) is 10.3 Å². The Kier molecular flexibility index (Phi) is 4.04. The molecule has 2 atom stereocenters. The van der Waals surface area contributed by atoms with E-state index in [2.05, 4.69) is 10.3 Å². The zero-order valence-electron chi connectivity index (χ0n) is 13.6. The van der Waals surface area contributed by atoms with Crippen molar-refractivity contribution in [2.24, 2.45) is 0 Å². The normalized spacial score (nSPS) is 18.6. The van der Waals surface area contributed by atoms with Crippen LogP contribution in [0.4, 0.5) is 0 Å². The van der Waals surface area contributed by atoms with Crippen molar-refractivity contribution in [2.75, 3.05) is 0 Å². The van der Waals surface area contributed by atoms with Crippen LogP contribution in [0, 0.1) is 0 Å². The highest BCUT2D eigenvalue weighted by atomic mass is 16.3. The Bertz CT molecular complexity index is 909. The maximum absolute atomic E-state index is 12.7. The minimum Gasteiger partial charge on any atom is -0.390 e. The van der Waals surface area contributed by atoms with Gasteiger partial charge in [-0.25, -0.2) is 0 Å². The highest BCUT2D eigenvalue weighted by molar-refractivity contribution is 5.95. The zero-order chi connectivity index (χ0) is 17.2. The zero-order valence-corrected chi connectivity index (χ0v) is 13.6. The van der Waals surface area contributed by atoms with Gasteiger partial charge in [0.05, 0.1) is 17.7 Å². The van der Waals surface area contributed by atoms with Crippen LogP contribution >= 0.6 is 0 Å². The lowest BCUT2D eigenvalue weighted by atomic mass is 10.0. The second kappa shape index (κ2) is 6.49. The summed E-state index contributed by atoms with van der Waals surface area (Å²) in [6.07, 6.45) is 3.25. The van der Waals surface area contributed by atoms with E-state index in [0.717, 1.165) is 22.3 Å². The molecule has 0 spiro atoms. The van der Waals surface area contributed by atoms with Crippen LogP contribution in [0.2, 0.25) is 0 Å². The number of fused-ring (bicyclic) bond motifs is 1. The third-order valence-electron chi connectivity index (χ3n) is 4.60. The molecule has 3 aromatic rings. The summed E-state index contributed by atoms with van der Waals surface area (Å²) in [6, 6.07) is 19.1. The largest absolute Gasteiger partial charge is 0.390 e. The first-order valence-electron chi connectivity index (χ1n) is 8.29. The number of nitrogens with one attached hydrogen (secondary N) is 1. The Morgan fingerprint density at radius 3 is 2.60 bits per heavy atom. The van der Waals surface area contributed by atoms with Crippen LogP contribution in [-0.4, -0.2) is 22.1 Å². The summed E-state index contributed by atoms with van der Waals surface area (Å²) in [7, 11) is 0. The van der Waals surface area contributed by atoms with Crippen molar-refractivity contribution in [3.8, 4) is 11.1 Å². The fourth-order valence-corrected chi connectivity index (χ4v) is 3.33. The van der Waals surface area contributed by atoms with Crippen molar-refractivity contribution < 1.29 is 9.90 Å². The average Bonchev–Trinajstić information content (AvgIpc) is 2.98. The Morgan fingerprint density at radius 1 is 1.00 bits per heavy atom. The number of nitrogens with zero attached hydrogens (tertiary/aromatic N) is 1. The molecule has 0 saturated carbocycles. The van der Waals surface area contributed by atoms with Crippen LogP contribution in [0.1, 0.15) is 27.5 Å². The van der Waals surface area contributed by atoms with Crippen LogP contribution < -0.4 is 5.32 Å². The molecule has 4 rings (SSSR count). The highest BCUT2D eigenvalue weighted by Gasteiger charge is 2.32. The molecule has 2 unspecified atom stereocenters. The molecule has 1 aliphatic rings. The van der Waals surface area contributed by atoms with Crippen LogP contribution in [0.25, 0.3) is 11.1 Å². The molecule has 2 N–H and O–H groups in total. The number of carbonyl (C=O) groups is 1. The van der Waals surface area contributed by atoms with Gasteiger partial charge in [-0.05, 0) is 22.8 Å². The van der Waals surface area contributed by atoms with Crippen LogP contribution in [0.15, 0.2) is 73.1 Å². The van der Waals surface area contributed by atoms with Crippen LogP contribution in [-0.2, 0) is 6.42 Å². The van der Waals surface area contributed by atoms with Crippen molar-refractivity contribution >= 4 is 5.91 Å². The van der Waals surface area contributed by atoms with E-state index in [1.807, 2.05) is 60.7 Å². The van der Waals surface area contributed by atoms with Gasteiger partial charge in [-0.2, -0.15) is 0 Å². The monoisotopic (exact) mass is 330 g/mol. The lowest BCUT2D eigenvalue weighted by Crippen LogP contribution is -2.33. The minimum absolute atomic E-state index is 0.231. The predicted molar refractivity (Wildman–Crippen MR) is 96.0 cm³/mol. The van der Waals surface area contributed by atoms with Gasteiger partial charge >= 0.3 is 0 Å². The summed E-state index contributed by atoms with van der Waals surface area (Å²) < 4.78 is 0. The summed E-state index contributed by atoms with van der Waals surface area (Å²) in [4.78, 5) is 16.9. The Balaban J connectivity index is 1.58. The quantitative estimate of drug-likeness (QED) is 0.775. The van der Waals surface area contributed by atoms with E-state index in [1.165, 1.54) is 0 Å². The van der Waals surface area contributed by atoms with Gasteiger partial charge in [0.25, 0.3) is 5.91 Å². The van der Waals surface area contributed by atoms with Gasteiger partial charge in [0.15, 0.2) is 0 Å². The molecule has 4 nitrogen and oxygen atoms in total. The summed E-state index contributed by atoms with van der Waals surface area (Å²) in [5.41, 5.74) is 4.45. The van der Waals surface area contributed by atoms with Crippen molar-refractivity contribution in [3.05, 3.63) is 89.7 Å². The molecule has 0 bridgehead atoms. The molecule has 1 heterocycles. The lowest BCUT2D eigenvalue weighted by molar-refractivity contribution is 0.0858. The SMILES string of the molecule is O=C(NC1c2ccccc2CC1O)c1cncc(-c2ccccc2)c1. The number of rotatable bonds is 3. The predicted octanol–water partition coefficient (Wildman–Crippen LogP) is 3.14. The third kappa shape index (κ3) is 3.04. The number of hydrogen-bond donors (Lipinski definition) is 2. The van der Waals surface area contributed by atoms with Gasteiger partial charge in [0.1, 0.15) is 0 Å². The Labute approximate surface area is 146 Å². The molecule has 4 heteroatoms. The van der Waals surface area contributed by atoms with Gasteiger partial charge in [-0.1, -0.05) is 54.6 Å². The molecule has 2 aromatic carbocycles. The van der Waals surface area contributed by atoms with E-state index in [0.29, 0.717) is 12.0 Å². The van der Waals surface area contributed by atoms with E-state index >= 15 is 0 Å². The fourth-order valence-electron chi connectivity index (χ4n) is 3.33. The standard InChI is InChI=1S/C21H18N2O2/c24-19-11-15-8-4-5-9-18(15)20(19)23-21(25)17-10-16(12-22-13-17)14-6-2-1-3-7-14/h1-10,12-13,19-20,24H,11H2,(H,23,25). The van der Waals surface area contributed by atoms with Crippen molar-refractivity contribution in [3.63, 3.8) is 0 Å². The number of benzene rings is 2. The summed E-state index contributed by atoms with van der Waals surface area (Å²) in [6.45, 7) is 0. The van der Waals surface area contributed by atoms with Gasteiger partial charge in [-0.3, -0.25) is 9.78 Å². The molecular weight excluding hydrogens is 312 g/mol. The van der Waals surface area contributed by atoms with Gasteiger partial charge in [0.2, 0.25) is 0 Å². The van der Waals surface area contributed by atoms with Crippen LogP contribution in [0.5, 0.6) is 0 Å². The van der Waals surface area contributed by atoms with E-state index in [9.17, 15) is 9.90 Å². The van der Waals surface area contributed by atoms with Gasteiger partial charge in [0, 0.05) is 24.4 Å². The third-order valence-corrected chi connectivity index (χ3v) is 4.60. The molecule has 1 aliphatic carbocycles. The minimum atomic E-state index is -0.605. The second-order valence-electron chi connectivity index (χ2n) is 6.25. The van der Waals surface area contributed by atoms with E-state index < -0.39 is 6.10 Å². The molecule has 0 aliphatic heterocycles. The van der Waals surface area contributed by atoms with Gasteiger partial charge < -0.3 is 10.4 Å². The van der Waals surface area contributed by atoms with E-state index in [1.54, 1.807) is 12.4 Å². The fraction of sp³-hybridized carbons (Fsp3) is 0.143. The molecular formula is C21H18N2O2. The molecule has 0 radical (unpaired) electrons. The van der Waals surface area contributed by atoms with Crippen molar-refractivity contribution in [1.29, 1.82) is 0 Å². The maximum Gasteiger partial charge on any atom is 0.253 e. The van der Waals surface area contributed by atoms with E-state index in [4.69, 9.17) is 0 Å². The summed E-state index contributed by atoms with van der Waals surface area (Å²) in [5.74, 6) is -0.231. The topological polar surface area (TPSA) is 62.2 Å². The van der Waals surface area contributed by atoms with Crippen LogP contribution in [0.3, 0.4) is 0 Å². The second-order valence-corrected chi connectivity index (χ2v) is 6.25. The number of aromatic nitrogens is 1. The number of hydrogen-bond acceptors (Lipinski definition) is 3. The summed E-state index contributed by atoms with van der Waals surface area (Å²) in [5, 5.41) is 13.3. The smallest absolute Gasteiger partial charge is 0.253 e. The van der Waals surface area contributed by atoms with Crippen molar-refractivity contribution in [2.45, 2.75) is 18.6 Å². The molecule has 25 heavy (non-hydrogen) atoms. The summed E-state index contributed by atoms with van der Waals surface area (Å²) >= 11 is 0. The van der Waals surface area contributed by atoms with E-state index in [-0.39, 0.29) is 11.9 Å². The lowest BCUT2D eigenvalue weighted by Gasteiger charge is -2.18. The Morgan fingerprint density at radius 2 is 1.76 bits per heavy atom. The first kappa shape index (κ1) is 15.5. The number of aliphatic hydroxyl groups is 1. The molecule has 1 aromatic heterocycles. The number of pyridine rings is 1. The number of amides is 1. The number of carbonyl (C=O) groups excluding carboxylic acids is 1. The molecule has 0 fully saturated rings. The first-order valence-corrected chi connectivity index (χ1v) is 8.29. The number of aliphatic hydroxyl groups excluding tert-OH is 1. The first-order chi connectivity index (χ1) is 12.2.